The number of hydrogen-bond donors (Lipinski definition) is 0. The average molecular weight is 307 g/mol. The van der Waals surface area contributed by atoms with Crippen LogP contribution in [-0.2, 0) is 11.5 Å². The molecule has 3 rings (SSSR count). The van der Waals surface area contributed by atoms with E-state index in [2.05, 4.69) is 9.97 Å². The second kappa shape index (κ2) is 5.62. The van der Waals surface area contributed by atoms with E-state index in [9.17, 15) is 0 Å². The van der Waals surface area contributed by atoms with Crippen molar-refractivity contribution in [3.8, 4) is 17.1 Å². The van der Waals surface area contributed by atoms with E-state index in [1.807, 2.05) is 49.9 Å². The van der Waals surface area contributed by atoms with E-state index >= 15 is 0 Å². The molecule has 0 N–H and O–H groups in total. The van der Waals surface area contributed by atoms with Crippen molar-refractivity contribution in [2.45, 2.75) is 31.5 Å². The van der Waals surface area contributed by atoms with Gasteiger partial charge in [0.25, 0.3) is 0 Å². The Bertz CT molecular complexity index is 646. The molecule has 0 aliphatic carbocycles. The van der Waals surface area contributed by atoms with Gasteiger partial charge in [-0.25, -0.2) is 9.97 Å². The first-order valence-corrected chi connectivity index (χ1v) is 8.07. The summed E-state index contributed by atoms with van der Waals surface area (Å²) in [5.74, 6) is 3.31. The molecule has 5 heteroatoms. The Morgan fingerprint density at radius 1 is 1.25 bits per heavy atom. The highest BCUT2D eigenvalue weighted by Gasteiger charge is 2.19. The highest BCUT2D eigenvalue weighted by molar-refractivity contribution is 7.98. The third-order valence-electron chi connectivity index (χ3n) is 2.99. The van der Waals surface area contributed by atoms with Gasteiger partial charge in [-0.15, -0.1) is 0 Å². The Kier molecular flexibility index (Phi) is 3.85. The summed E-state index contributed by atoms with van der Waals surface area (Å²) in [6.45, 7) is 4.01. The van der Waals surface area contributed by atoms with Crippen LogP contribution in [0.15, 0.2) is 24.3 Å². The molecule has 0 amide bonds. The van der Waals surface area contributed by atoms with Crippen LogP contribution < -0.4 is 4.74 Å². The molecule has 0 saturated carbocycles. The lowest BCUT2D eigenvalue weighted by molar-refractivity contribution is 0.242. The van der Waals surface area contributed by atoms with E-state index in [4.69, 9.17) is 16.3 Å². The summed E-state index contributed by atoms with van der Waals surface area (Å²) in [5.41, 5.74) is 3.07. The molecule has 2 heterocycles. The predicted octanol–water partition coefficient (Wildman–Crippen LogP) is 4.33. The zero-order valence-corrected chi connectivity index (χ0v) is 13.0. The first kappa shape index (κ1) is 13.7. The van der Waals surface area contributed by atoms with Crippen LogP contribution in [0.1, 0.15) is 25.1 Å². The van der Waals surface area contributed by atoms with Gasteiger partial charge in [-0.1, -0.05) is 23.7 Å². The molecule has 1 aliphatic heterocycles. The molecule has 1 aliphatic rings. The minimum absolute atomic E-state index is 0.145. The average Bonchev–Trinajstić information content (AvgIpc) is 2.87. The first-order valence-electron chi connectivity index (χ1n) is 6.53. The molecular formula is C15H15ClN2OS. The summed E-state index contributed by atoms with van der Waals surface area (Å²) in [7, 11) is 0. The lowest BCUT2D eigenvalue weighted by atomic mass is 10.2. The summed E-state index contributed by atoms with van der Waals surface area (Å²) in [6.07, 6.45) is 0.145. The van der Waals surface area contributed by atoms with Gasteiger partial charge in [-0.3, -0.25) is 0 Å². The van der Waals surface area contributed by atoms with Crippen molar-refractivity contribution in [2.75, 3.05) is 0 Å². The minimum atomic E-state index is 0.145. The van der Waals surface area contributed by atoms with E-state index in [1.54, 1.807) is 0 Å². The van der Waals surface area contributed by atoms with Crippen molar-refractivity contribution in [1.82, 2.24) is 9.97 Å². The maximum atomic E-state index is 6.25. The fourth-order valence-corrected chi connectivity index (χ4v) is 3.50. The van der Waals surface area contributed by atoms with Gasteiger partial charge in [0.2, 0.25) is 0 Å². The van der Waals surface area contributed by atoms with Crippen molar-refractivity contribution in [2.24, 2.45) is 0 Å². The van der Waals surface area contributed by atoms with Crippen LogP contribution in [-0.4, -0.2) is 16.1 Å². The monoisotopic (exact) mass is 306 g/mol. The molecule has 1 aromatic heterocycles. The number of fused-ring (bicyclic) bond motifs is 1. The van der Waals surface area contributed by atoms with Crippen LogP contribution in [0.4, 0.5) is 0 Å². The van der Waals surface area contributed by atoms with Crippen molar-refractivity contribution in [1.29, 1.82) is 0 Å². The second-order valence-corrected chi connectivity index (χ2v) is 6.29. The predicted molar refractivity (Wildman–Crippen MR) is 83.2 cm³/mol. The van der Waals surface area contributed by atoms with Crippen LogP contribution in [0.5, 0.6) is 5.75 Å². The molecule has 3 nitrogen and oxygen atoms in total. The third-order valence-corrected chi connectivity index (χ3v) is 4.27. The number of ether oxygens (including phenoxy) is 1. The first-order chi connectivity index (χ1) is 9.63. The van der Waals surface area contributed by atoms with Crippen molar-refractivity contribution in [3.05, 3.63) is 40.7 Å². The van der Waals surface area contributed by atoms with Gasteiger partial charge in [0.05, 0.1) is 11.8 Å². The number of thioether (sulfide) groups is 1. The molecular weight excluding hydrogens is 292 g/mol. The summed E-state index contributed by atoms with van der Waals surface area (Å²) >= 11 is 8.07. The van der Waals surface area contributed by atoms with Crippen molar-refractivity contribution >= 4 is 23.4 Å². The second-order valence-electron chi connectivity index (χ2n) is 4.95. The fraction of sp³-hybridized carbons (Fsp3) is 0.333. The summed E-state index contributed by atoms with van der Waals surface area (Å²) < 4.78 is 5.71. The van der Waals surface area contributed by atoms with Gasteiger partial charge < -0.3 is 4.74 Å². The van der Waals surface area contributed by atoms with Gasteiger partial charge in [0, 0.05) is 22.6 Å². The van der Waals surface area contributed by atoms with Crippen LogP contribution in [0.25, 0.3) is 11.4 Å². The van der Waals surface area contributed by atoms with Crippen LogP contribution in [0, 0.1) is 0 Å². The zero-order chi connectivity index (χ0) is 14.1. The van der Waals surface area contributed by atoms with E-state index in [1.165, 1.54) is 0 Å². The van der Waals surface area contributed by atoms with Crippen molar-refractivity contribution < 1.29 is 4.74 Å². The maximum Gasteiger partial charge on any atom is 0.161 e. The molecule has 2 aromatic rings. The molecule has 1 aromatic carbocycles. The lowest BCUT2D eigenvalue weighted by Crippen LogP contribution is -2.05. The van der Waals surface area contributed by atoms with Gasteiger partial charge in [0.1, 0.15) is 10.9 Å². The van der Waals surface area contributed by atoms with Gasteiger partial charge in [-0.2, -0.15) is 11.8 Å². The number of rotatable bonds is 3. The fourth-order valence-electron chi connectivity index (χ4n) is 2.12. The molecule has 0 fully saturated rings. The number of hydrogen-bond acceptors (Lipinski definition) is 4. The number of halogens is 1. The van der Waals surface area contributed by atoms with E-state index < -0.39 is 0 Å². The van der Waals surface area contributed by atoms with E-state index in [-0.39, 0.29) is 6.10 Å². The number of nitrogens with zero attached hydrogens (tertiary/aromatic N) is 2. The highest BCUT2D eigenvalue weighted by Crippen LogP contribution is 2.34. The third kappa shape index (κ3) is 2.76. The summed E-state index contributed by atoms with van der Waals surface area (Å²) in [4.78, 5) is 9.05. The standard InChI is InChI=1S/C15H15ClN2OS/c1-9(2)19-11-5-3-4-10(6-11)15-17-13-8-20-7-12(13)14(16)18-15/h3-6,9H,7-8H2,1-2H3. The molecule has 0 saturated heterocycles. The van der Waals surface area contributed by atoms with Gasteiger partial charge in [0.15, 0.2) is 5.82 Å². The summed E-state index contributed by atoms with van der Waals surface area (Å²) in [6, 6.07) is 7.83. The van der Waals surface area contributed by atoms with Gasteiger partial charge in [-0.05, 0) is 26.0 Å². The van der Waals surface area contributed by atoms with E-state index in [0.29, 0.717) is 11.0 Å². The molecule has 20 heavy (non-hydrogen) atoms. The molecule has 0 spiro atoms. The zero-order valence-electron chi connectivity index (χ0n) is 11.4. The lowest BCUT2D eigenvalue weighted by Gasteiger charge is -2.11. The number of benzene rings is 1. The SMILES string of the molecule is CC(C)Oc1cccc(-c2nc(Cl)c3c(n2)CSC3)c1. The van der Waals surface area contributed by atoms with Crippen molar-refractivity contribution in [3.63, 3.8) is 0 Å². The molecule has 104 valence electrons. The minimum Gasteiger partial charge on any atom is -0.491 e. The molecule has 0 unspecified atom stereocenters. The summed E-state index contributed by atoms with van der Waals surface area (Å²) in [5, 5.41) is 0.574. The van der Waals surface area contributed by atoms with Crippen LogP contribution in [0.3, 0.4) is 0 Å². The number of aromatic nitrogens is 2. The van der Waals surface area contributed by atoms with Crippen LogP contribution in [0.2, 0.25) is 5.15 Å². The molecule has 0 atom stereocenters. The Labute approximate surface area is 127 Å². The Morgan fingerprint density at radius 3 is 2.90 bits per heavy atom. The largest absolute Gasteiger partial charge is 0.491 e. The topological polar surface area (TPSA) is 35.0 Å². The van der Waals surface area contributed by atoms with Gasteiger partial charge >= 0.3 is 0 Å². The smallest absolute Gasteiger partial charge is 0.161 e. The van der Waals surface area contributed by atoms with E-state index in [0.717, 1.165) is 34.1 Å². The maximum absolute atomic E-state index is 6.25. The Balaban J connectivity index is 1.99. The highest BCUT2D eigenvalue weighted by atomic mass is 35.5. The Morgan fingerprint density at radius 2 is 2.10 bits per heavy atom. The normalized spacial score (nSPS) is 13.6. The molecule has 0 bridgehead atoms. The molecule has 0 radical (unpaired) electrons. The van der Waals surface area contributed by atoms with Crippen LogP contribution >= 0.6 is 23.4 Å². The quantitative estimate of drug-likeness (QED) is 0.791. The Hall–Kier alpha value is -1.26.